The van der Waals surface area contributed by atoms with E-state index in [-0.39, 0.29) is 5.25 Å². The quantitative estimate of drug-likeness (QED) is 0.657. The van der Waals surface area contributed by atoms with Crippen molar-refractivity contribution in [3.05, 3.63) is 35.7 Å². The first-order valence-electron chi connectivity index (χ1n) is 7.84. The first kappa shape index (κ1) is 15.6. The molecule has 1 aromatic carbocycles. The summed E-state index contributed by atoms with van der Waals surface area (Å²) in [4.78, 5) is 0. The molecule has 24 heavy (non-hydrogen) atoms. The van der Waals surface area contributed by atoms with Gasteiger partial charge in [0.25, 0.3) is 0 Å². The number of hydrogen-bond acceptors (Lipinski definition) is 8. The van der Waals surface area contributed by atoms with E-state index in [2.05, 4.69) is 32.6 Å². The molecule has 1 saturated carbocycles. The lowest BCUT2D eigenvalue weighted by Gasteiger charge is -2.02. The molecule has 0 amide bonds. The zero-order chi connectivity index (χ0) is 16.5. The highest BCUT2D eigenvalue weighted by Gasteiger charge is 2.23. The molecule has 0 spiro atoms. The van der Waals surface area contributed by atoms with Crippen molar-refractivity contribution in [3.63, 3.8) is 0 Å². The summed E-state index contributed by atoms with van der Waals surface area (Å²) >= 11 is 3.15. The van der Waals surface area contributed by atoms with Crippen LogP contribution in [0.5, 0.6) is 0 Å². The number of thioether (sulfide) groups is 1. The molecular weight excluding hydrogens is 342 g/mol. The first-order valence-corrected chi connectivity index (χ1v) is 9.54. The van der Waals surface area contributed by atoms with Crippen molar-refractivity contribution in [2.45, 2.75) is 42.3 Å². The van der Waals surface area contributed by atoms with Gasteiger partial charge in [-0.1, -0.05) is 40.8 Å². The molecule has 124 valence electrons. The van der Waals surface area contributed by atoms with E-state index in [0.29, 0.717) is 17.8 Å². The van der Waals surface area contributed by atoms with E-state index in [0.717, 1.165) is 15.0 Å². The Morgan fingerprint density at radius 1 is 1.17 bits per heavy atom. The van der Waals surface area contributed by atoms with Crippen molar-refractivity contribution in [3.8, 4) is 11.5 Å². The highest BCUT2D eigenvalue weighted by Crippen LogP contribution is 2.38. The van der Waals surface area contributed by atoms with Crippen molar-refractivity contribution in [2.24, 2.45) is 0 Å². The monoisotopic (exact) mass is 359 g/mol. The molecule has 2 aromatic heterocycles. The summed E-state index contributed by atoms with van der Waals surface area (Å²) in [5.41, 5.74) is 2.14. The molecule has 3 aromatic rings. The van der Waals surface area contributed by atoms with E-state index in [4.69, 9.17) is 4.42 Å². The van der Waals surface area contributed by atoms with Crippen molar-refractivity contribution in [2.75, 3.05) is 5.32 Å². The number of benzene rings is 1. The fraction of sp³-hybridized carbons (Fsp3) is 0.375. The fourth-order valence-electron chi connectivity index (χ4n) is 2.13. The van der Waals surface area contributed by atoms with Gasteiger partial charge in [-0.05, 0) is 38.8 Å². The van der Waals surface area contributed by atoms with Crippen LogP contribution in [0.3, 0.4) is 0 Å². The van der Waals surface area contributed by atoms with Gasteiger partial charge in [0.1, 0.15) is 0 Å². The van der Waals surface area contributed by atoms with Crippen LogP contribution in [0.25, 0.3) is 11.5 Å². The summed E-state index contributed by atoms with van der Waals surface area (Å²) in [7, 11) is 0. The van der Waals surface area contributed by atoms with Gasteiger partial charge < -0.3 is 9.73 Å². The third-order valence-electron chi connectivity index (χ3n) is 3.68. The zero-order valence-corrected chi connectivity index (χ0v) is 15.0. The van der Waals surface area contributed by atoms with Gasteiger partial charge >= 0.3 is 0 Å². The topological polar surface area (TPSA) is 76.7 Å². The Morgan fingerprint density at radius 2 is 1.96 bits per heavy atom. The molecule has 1 aliphatic carbocycles. The highest BCUT2D eigenvalue weighted by molar-refractivity contribution is 8.01. The molecular formula is C16H17N5OS2. The normalized spacial score (nSPS) is 15.4. The minimum atomic E-state index is 0.0263. The molecule has 1 N–H and O–H groups in total. The van der Waals surface area contributed by atoms with Crippen LogP contribution in [-0.4, -0.2) is 26.4 Å². The van der Waals surface area contributed by atoms with Crippen LogP contribution in [0.1, 0.15) is 36.5 Å². The molecule has 0 aliphatic heterocycles. The second kappa shape index (κ2) is 6.52. The minimum absolute atomic E-state index is 0.0263. The van der Waals surface area contributed by atoms with Crippen LogP contribution in [0.2, 0.25) is 0 Å². The first-order chi connectivity index (χ1) is 11.7. The van der Waals surface area contributed by atoms with Crippen molar-refractivity contribution < 1.29 is 4.42 Å². The zero-order valence-electron chi connectivity index (χ0n) is 13.4. The number of rotatable bonds is 6. The molecule has 1 fully saturated rings. The molecule has 4 rings (SSSR count). The van der Waals surface area contributed by atoms with Crippen LogP contribution in [0.15, 0.2) is 33.0 Å². The number of aryl methyl sites for hydroxylation is 1. The Labute approximate surface area is 148 Å². The second-order valence-corrected chi connectivity index (χ2v) is 8.43. The summed E-state index contributed by atoms with van der Waals surface area (Å²) in [6.45, 7) is 4.09. The van der Waals surface area contributed by atoms with Crippen LogP contribution >= 0.6 is 23.1 Å². The Bertz CT molecular complexity index is 825. The predicted octanol–water partition coefficient (Wildman–Crippen LogP) is 4.32. The van der Waals surface area contributed by atoms with E-state index in [9.17, 15) is 0 Å². The van der Waals surface area contributed by atoms with E-state index in [1.165, 1.54) is 18.4 Å². The smallest absolute Gasteiger partial charge is 0.247 e. The standard InChI is InChI=1S/C16H17N5OS2/c1-9-3-5-11(6-4-9)14-19-18-13(22-14)10(2)23-16-21-20-15(24-16)17-12-7-8-12/h3-6,10,12H,7-8H2,1-2H3,(H,17,20)/t10-/m1/s1. The Kier molecular flexibility index (Phi) is 4.24. The van der Waals surface area contributed by atoms with Crippen molar-refractivity contribution in [1.82, 2.24) is 20.4 Å². The molecule has 1 aliphatic rings. The molecule has 8 heteroatoms. The number of aromatic nitrogens is 4. The molecule has 0 radical (unpaired) electrons. The van der Waals surface area contributed by atoms with Crippen LogP contribution in [0, 0.1) is 6.92 Å². The van der Waals surface area contributed by atoms with Gasteiger partial charge in [-0.15, -0.1) is 20.4 Å². The third kappa shape index (κ3) is 3.59. The Morgan fingerprint density at radius 3 is 2.71 bits per heavy atom. The summed E-state index contributed by atoms with van der Waals surface area (Å²) in [5.74, 6) is 1.15. The number of nitrogens with one attached hydrogen (secondary N) is 1. The van der Waals surface area contributed by atoms with Gasteiger partial charge in [0.15, 0.2) is 4.34 Å². The van der Waals surface area contributed by atoms with Crippen molar-refractivity contribution in [1.29, 1.82) is 0 Å². The minimum Gasteiger partial charge on any atom is -0.419 e. The molecule has 1 atom stereocenters. The van der Waals surface area contributed by atoms with E-state index in [1.54, 1.807) is 23.1 Å². The summed E-state index contributed by atoms with van der Waals surface area (Å²) in [6, 6.07) is 8.64. The maximum Gasteiger partial charge on any atom is 0.247 e. The van der Waals surface area contributed by atoms with Gasteiger partial charge in [-0.3, -0.25) is 0 Å². The van der Waals surface area contributed by atoms with Gasteiger partial charge in [-0.2, -0.15) is 0 Å². The highest BCUT2D eigenvalue weighted by atomic mass is 32.2. The Hall–Kier alpha value is -1.93. The maximum atomic E-state index is 5.82. The summed E-state index contributed by atoms with van der Waals surface area (Å²) < 4.78 is 6.73. The van der Waals surface area contributed by atoms with E-state index >= 15 is 0 Å². The average Bonchev–Trinajstić information content (AvgIpc) is 3.07. The van der Waals surface area contributed by atoms with Crippen LogP contribution in [0.4, 0.5) is 5.13 Å². The van der Waals surface area contributed by atoms with Gasteiger partial charge in [0.2, 0.25) is 16.9 Å². The number of anilines is 1. The van der Waals surface area contributed by atoms with Gasteiger partial charge in [-0.25, -0.2) is 0 Å². The van der Waals surface area contributed by atoms with Crippen LogP contribution < -0.4 is 5.32 Å². The molecule has 0 bridgehead atoms. The van der Waals surface area contributed by atoms with Crippen molar-refractivity contribution >= 4 is 28.2 Å². The SMILES string of the molecule is Cc1ccc(-c2nnc([C@@H](C)Sc3nnc(NC4CC4)s3)o2)cc1. The van der Waals surface area contributed by atoms with Gasteiger partial charge in [0, 0.05) is 11.6 Å². The molecule has 0 unspecified atom stereocenters. The number of nitrogens with zero attached hydrogens (tertiary/aromatic N) is 4. The van der Waals surface area contributed by atoms with E-state index in [1.807, 2.05) is 31.2 Å². The second-order valence-electron chi connectivity index (χ2n) is 5.86. The lowest BCUT2D eigenvalue weighted by molar-refractivity contribution is 0.509. The lowest BCUT2D eigenvalue weighted by Crippen LogP contribution is -1.99. The maximum absolute atomic E-state index is 5.82. The lowest BCUT2D eigenvalue weighted by atomic mass is 10.1. The average molecular weight is 359 g/mol. The summed E-state index contributed by atoms with van der Waals surface area (Å²) in [5, 5.41) is 21.0. The molecule has 6 nitrogen and oxygen atoms in total. The Balaban J connectivity index is 1.43. The largest absolute Gasteiger partial charge is 0.419 e. The fourth-order valence-corrected chi connectivity index (χ4v) is 4.13. The third-order valence-corrected chi connectivity index (χ3v) is 5.70. The van der Waals surface area contributed by atoms with E-state index < -0.39 is 0 Å². The predicted molar refractivity (Wildman–Crippen MR) is 95.3 cm³/mol. The molecule has 0 saturated heterocycles. The van der Waals surface area contributed by atoms with Gasteiger partial charge in [0.05, 0.1) is 5.25 Å². The van der Waals surface area contributed by atoms with Crippen LogP contribution in [-0.2, 0) is 0 Å². The molecule has 2 heterocycles. The number of hydrogen-bond donors (Lipinski definition) is 1. The summed E-state index contributed by atoms with van der Waals surface area (Å²) in [6.07, 6.45) is 2.45.